The lowest BCUT2D eigenvalue weighted by Crippen LogP contribution is -2.11. The molecule has 1 aromatic carbocycles. The predicted octanol–water partition coefficient (Wildman–Crippen LogP) is 3.22. The van der Waals surface area contributed by atoms with Gasteiger partial charge >= 0.3 is 0 Å². The van der Waals surface area contributed by atoms with E-state index < -0.39 is 0 Å². The molecule has 1 aliphatic rings. The van der Waals surface area contributed by atoms with Crippen molar-refractivity contribution in [3.8, 4) is 0 Å². The lowest BCUT2D eigenvalue weighted by Gasteiger charge is -2.10. The molecule has 1 aliphatic carbocycles. The van der Waals surface area contributed by atoms with E-state index in [-0.39, 0.29) is 0 Å². The Labute approximate surface area is 86.1 Å². The molecule has 0 amide bonds. The van der Waals surface area contributed by atoms with Gasteiger partial charge in [0.1, 0.15) is 0 Å². The maximum absolute atomic E-state index is 5.62. The third-order valence-electron chi connectivity index (χ3n) is 3.10. The van der Waals surface area contributed by atoms with Crippen LogP contribution in [-0.4, -0.2) is 12.7 Å². The molecule has 0 saturated heterocycles. The van der Waals surface area contributed by atoms with Crippen LogP contribution in [0.25, 0.3) is 0 Å². The maximum Gasteiger partial charge on any atom is 0.0581 e. The maximum atomic E-state index is 5.62. The molecular weight excluding hydrogens is 172 g/mol. The molecule has 1 heteroatoms. The van der Waals surface area contributed by atoms with Crippen LogP contribution in [0.1, 0.15) is 31.7 Å². The number of hydrogen-bond acceptors (Lipinski definition) is 1. The van der Waals surface area contributed by atoms with Gasteiger partial charge in [-0.3, -0.25) is 0 Å². The first-order valence-corrected chi connectivity index (χ1v) is 5.49. The first kappa shape index (κ1) is 9.72. The molecular formula is C13H18O. The van der Waals surface area contributed by atoms with E-state index in [2.05, 4.69) is 44.2 Å². The minimum atomic E-state index is 0.421. The van der Waals surface area contributed by atoms with Gasteiger partial charge in [0.05, 0.1) is 6.10 Å². The fourth-order valence-corrected chi connectivity index (χ4v) is 2.20. The summed E-state index contributed by atoms with van der Waals surface area (Å²) in [6.07, 6.45) is 1.72. The van der Waals surface area contributed by atoms with Crippen LogP contribution in [0.2, 0.25) is 0 Å². The summed E-state index contributed by atoms with van der Waals surface area (Å²) >= 11 is 0. The minimum Gasteiger partial charge on any atom is -0.378 e. The van der Waals surface area contributed by atoms with Crippen molar-refractivity contribution in [2.45, 2.75) is 32.3 Å². The lowest BCUT2D eigenvalue weighted by atomic mass is 10.1. The quantitative estimate of drug-likeness (QED) is 0.708. The Morgan fingerprint density at radius 2 is 2.07 bits per heavy atom. The Kier molecular flexibility index (Phi) is 2.87. The topological polar surface area (TPSA) is 9.23 Å². The zero-order chi connectivity index (χ0) is 9.97. The highest BCUT2D eigenvalue weighted by Crippen LogP contribution is 2.50. The molecule has 0 heterocycles. The van der Waals surface area contributed by atoms with Crippen LogP contribution in [0, 0.1) is 5.92 Å². The van der Waals surface area contributed by atoms with Gasteiger partial charge in [-0.2, -0.15) is 0 Å². The van der Waals surface area contributed by atoms with Crippen molar-refractivity contribution in [2.24, 2.45) is 5.92 Å². The van der Waals surface area contributed by atoms with E-state index in [1.165, 1.54) is 12.0 Å². The summed E-state index contributed by atoms with van der Waals surface area (Å²) in [4.78, 5) is 0. The second-order valence-corrected chi connectivity index (χ2v) is 4.08. The average Bonchev–Trinajstić information content (AvgIpc) is 2.99. The molecule has 76 valence electrons. The Morgan fingerprint density at radius 1 is 1.36 bits per heavy atom. The molecule has 0 aliphatic heterocycles. The summed E-state index contributed by atoms with van der Waals surface area (Å²) < 4.78 is 5.62. The number of rotatable bonds is 4. The number of hydrogen-bond donors (Lipinski definition) is 0. The normalized spacial score (nSPS) is 27.3. The molecule has 14 heavy (non-hydrogen) atoms. The van der Waals surface area contributed by atoms with Gasteiger partial charge in [0, 0.05) is 6.61 Å². The van der Waals surface area contributed by atoms with Gasteiger partial charge in [-0.1, -0.05) is 30.3 Å². The van der Waals surface area contributed by atoms with Crippen LogP contribution in [0.4, 0.5) is 0 Å². The van der Waals surface area contributed by atoms with Gasteiger partial charge in [-0.25, -0.2) is 0 Å². The van der Waals surface area contributed by atoms with Crippen LogP contribution >= 0.6 is 0 Å². The zero-order valence-electron chi connectivity index (χ0n) is 8.94. The summed E-state index contributed by atoms with van der Waals surface area (Å²) in [5, 5.41) is 0. The minimum absolute atomic E-state index is 0.421. The highest BCUT2D eigenvalue weighted by molar-refractivity contribution is 5.26. The van der Waals surface area contributed by atoms with E-state index in [0.717, 1.165) is 18.4 Å². The van der Waals surface area contributed by atoms with E-state index in [1.807, 2.05) is 0 Å². The summed E-state index contributed by atoms with van der Waals surface area (Å²) in [5.41, 5.74) is 1.48. The van der Waals surface area contributed by atoms with E-state index in [9.17, 15) is 0 Å². The van der Waals surface area contributed by atoms with Crippen molar-refractivity contribution in [3.05, 3.63) is 35.9 Å². The SMILES string of the molecule is CCO[C@H](C)[C@@H]1C[C@H]1c1ccccc1. The molecule has 0 unspecified atom stereocenters. The van der Waals surface area contributed by atoms with Gasteiger partial charge in [-0.15, -0.1) is 0 Å². The Balaban J connectivity index is 1.93. The number of ether oxygens (including phenoxy) is 1. The predicted molar refractivity (Wildman–Crippen MR) is 58.4 cm³/mol. The van der Waals surface area contributed by atoms with E-state index in [1.54, 1.807) is 0 Å². The van der Waals surface area contributed by atoms with E-state index in [0.29, 0.717) is 6.10 Å². The average molecular weight is 190 g/mol. The summed E-state index contributed by atoms with van der Waals surface area (Å²) in [7, 11) is 0. The molecule has 1 nitrogen and oxygen atoms in total. The van der Waals surface area contributed by atoms with Crippen molar-refractivity contribution in [1.82, 2.24) is 0 Å². The molecule has 0 N–H and O–H groups in total. The van der Waals surface area contributed by atoms with E-state index in [4.69, 9.17) is 4.74 Å². The van der Waals surface area contributed by atoms with Crippen LogP contribution in [0.3, 0.4) is 0 Å². The first-order valence-electron chi connectivity index (χ1n) is 5.49. The highest BCUT2D eigenvalue weighted by Gasteiger charge is 2.42. The molecule has 3 atom stereocenters. The summed E-state index contributed by atoms with van der Waals surface area (Å²) in [6, 6.07) is 10.8. The standard InChI is InChI=1S/C13H18O/c1-3-14-10(2)12-9-13(12)11-7-5-4-6-8-11/h4-8,10,12-13H,3,9H2,1-2H3/t10-,12+,13+/m1/s1. The first-order chi connectivity index (χ1) is 6.83. The van der Waals surface area contributed by atoms with Crippen LogP contribution in [-0.2, 0) is 4.74 Å². The molecule has 2 rings (SSSR count). The third kappa shape index (κ3) is 1.98. The molecule has 1 aromatic rings. The smallest absolute Gasteiger partial charge is 0.0581 e. The summed E-state index contributed by atoms with van der Waals surface area (Å²) in [6.45, 7) is 5.09. The fourth-order valence-electron chi connectivity index (χ4n) is 2.20. The van der Waals surface area contributed by atoms with Crippen molar-refractivity contribution in [2.75, 3.05) is 6.61 Å². The Bertz CT molecular complexity index is 281. The monoisotopic (exact) mass is 190 g/mol. The molecule has 0 spiro atoms. The van der Waals surface area contributed by atoms with Crippen molar-refractivity contribution < 1.29 is 4.74 Å². The number of benzene rings is 1. The van der Waals surface area contributed by atoms with Gasteiger partial charge in [-0.05, 0) is 37.7 Å². The van der Waals surface area contributed by atoms with Crippen molar-refractivity contribution in [3.63, 3.8) is 0 Å². The van der Waals surface area contributed by atoms with Gasteiger partial charge in [0.15, 0.2) is 0 Å². The lowest BCUT2D eigenvalue weighted by molar-refractivity contribution is 0.0594. The molecule has 0 radical (unpaired) electrons. The Morgan fingerprint density at radius 3 is 2.71 bits per heavy atom. The van der Waals surface area contributed by atoms with Crippen LogP contribution < -0.4 is 0 Å². The largest absolute Gasteiger partial charge is 0.378 e. The Hall–Kier alpha value is -0.820. The van der Waals surface area contributed by atoms with Gasteiger partial charge in [0.25, 0.3) is 0 Å². The zero-order valence-corrected chi connectivity index (χ0v) is 8.94. The van der Waals surface area contributed by atoms with Crippen molar-refractivity contribution >= 4 is 0 Å². The summed E-state index contributed by atoms with van der Waals surface area (Å²) in [5.74, 6) is 1.50. The fraction of sp³-hybridized carbons (Fsp3) is 0.538. The second kappa shape index (κ2) is 4.14. The van der Waals surface area contributed by atoms with Crippen LogP contribution in [0.5, 0.6) is 0 Å². The second-order valence-electron chi connectivity index (χ2n) is 4.08. The molecule has 0 aromatic heterocycles. The van der Waals surface area contributed by atoms with Crippen molar-refractivity contribution in [1.29, 1.82) is 0 Å². The molecule has 1 saturated carbocycles. The van der Waals surface area contributed by atoms with E-state index >= 15 is 0 Å². The van der Waals surface area contributed by atoms with Gasteiger partial charge < -0.3 is 4.74 Å². The van der Waals surface area contributed by atoms with Gasteiger partial charge in [0.2, 0.25) is 0 Å². The van der Waals surface area contributed by atoms with Crippen LogP contribution in [0.15, 0.2) is 30.3 Å². The highest BCUT2D eigenvalue weighted by atomic mass is 16.5. The third-order valence-corrected chi connectivity index (χ3v) is 3.10. The molecule has 0 bridgehead atoms. The molecule has 1 fully saturated rings.